The van der Waals surface area contributed by atoms with E-state index in [4.69, 9.17) is 0 Å². The van der Waals surface area contributed by atoms with Crippen molar-refractivity contribution < 1.29 is 0 Å². The molecule has 0 aliphatic rings. The lowest BCUT2D eigenvalue weighted by molar-refractivity contribution is 1.48. The summed E-state index contributed by atoms with van der Waals surface area (Å²) >= 11 is 0. The summed E-state index contributed by atoms with van der Waals surface area (Å²) in [7, 11) is 0.532. The van der Waals surface area contributed by atoms with Gasteiger partial charge in [-0.1, -0.05) is 13.0 Å². The number of hydrogen-bond acceptors (Lipinski definition) is 0. The van der Waals surface area contributed by atoms with Gasteiger partial charge in [0, 0.05) is 0 Å². The van der Waals surface area contributed by atoms with Crippen molar-refractivity contribution in [3.63, 3.8) is 0 Å². The van der Waals surface area contributed by atoms with Gasteiger partial charge in [-0.25, -0.2) is 0 Å². The van der Waals surface area contributed by atoms with E-state index in [1.807, 2.05) is 0 Å². The van der Waals surface area contributed by atoms with Crippen LogP contribution in [0.25, 0.3) is 0 Å². The smallest absolute Gasteiger partial charge is 0.0156 e. The summed E-state index contributed by atoms with van der Waals surface area (Å²) in [6, 6.07) is 1.29. The maximum absolute atomic E-state index is 3.69. The van der Waals surface area contributed by atoms with Crippen LogP contribution in [-0.2, 0) is 0 Å². The Balaban J connectivity index is 2.30. The molecular formula is C3H8Si. The molecule has 0 rings (SSSR count). The first kappa shape index (κ1) is 4.09. The highest BCUT2D eigenvalue weighted by atomic mass is 28.2. The predicted octanol–water partition coefficient (Wildman–Crippen LogP) is 0.293. The van der Waals surface area contributed by atoms with Crippen LogP contribution in [0.2, 0.25) is 6.04 Å². The summed E-state index contributed by atoms with van der Waals surface area (Å²) < 4.78 is 0. The monoisotopic (exact) mass is 72.0 g/mol. The standard InChI is InChI=1S/C3H8Si/c1-3-4-2/h4H,2-3H2,1H3. The van der Waals surface area contributed by atoms with Crippen molar-refractivity contribution in [3.8, 4) is 0 Å². The minimum Gasteiger partial charge on any atom is -0.121 e. The van der Waals surface area contributed by atoms with Crippen LogP contribution < -0.4 is 0 Å². The lowest BCUT2D eigenvalue weighted by Gasteiger charge is -1.56. The van der Waals surface area contributed by atoms with Crippen LogP contribution in [0.5, 0.6) is 0 Å². The molecule has 0 aromatic heterocycles. The van der Waals surface area contributed by atoms with Gasteiger partial charge >= 0.3 is 0 Å². The maximum atomic E-state index is 3.69. The third kappa shape index (κ3) is 2.09. The van der Waals surface area contributed by atoms with Gasteiger partial charge in [0.25, 0.3) is 0 Å². The van der Waals surface area contributed by atoms with E-state index in [2.05, 4.69) is 13.1 Å². The second-order valence-electron chi connectivity index (χ2n) is 0.697. The number of rotatable bonds is 1. The summed E-state index contributed by atoms with van der Waals surface area (Å²) in [6.07, 6.45) is 3.69. The molecule has 0 spiro atoms. The van der Waals surface area contributed by atoms with Gasteiger partial charge in [0.2, 0.25) is 0 Å². The average molecular weight is 72.2 g/mol. The largest absolute Gasteiger partial charge is 0.121 e. The van der Waals surface area contributed by atoms with E-state index >= 15 is 0 Å². The molecule has 0 bridgehead atoms. The van der Waals surface area contributed by atoms with Gasteiger partial charge in [-0.2, -0.15) is 0 Å². The molecule has 0 heterocycles. The van der Waals surface area contributed by atoms with Crippen molar-refractivity contribution in [2.75, 3.05) is 0 Å². The first-order chi connectivity index (χ1) is 1.91. The first-order valence-corrected chi connectivity index (χ1v) is 3.16. The Kier molecular flexibility index (Phi) is 3.15. The van der Waals surface area contributed by atoms with E-state index in [0.717, 1.165) is 0 Å². The van der Waals surface area contributed by atoms with E-state index < -0.39 is 0 Å². The summed E-state index contributed by atoms with van der Waals surface area (Å²) in [4.78, 5) is 0. The first-order valence-electron chi connectivity index (χ1n) is 1.52. The third-order valence-corrected chi connectivity index (χ3v) is 0.866. The minimum absolute atomic E-state index is 0.532. The summed E-state index contributed by atoms with van der Waals surface area (Å²) in [5.41, 5.74) is 0. The summed E-state index contributed by atoms with van der Waals surface area (Å²) in [5, 5.41) is 0. The molecule has 0 aromatic rings. The van der Waals surface area contributed by atoms with Crippen LogP contribution in [0.4, 0.5) is 0 Å². The average Bonchev–Trinajstić information content (AvgIpc) is 1.37. The normalized spacial score (nSPS) is 6.25. The van der Waals surface area contributed by atoms with E-state index in [0.29, 0.717) is 9.13 Å². The van der Waals surface area contributed by atoms with Gasteiger partial charge in [0.05, 0.1) is 0 Å². The quantitative estimate of drug-likeness (QED) is 0.391. The molecule has 0 nitrogen and oxygen atoms in total. The number of hydrogen-bond donors (Lipinski definition) is 0. The lowest BCUT2D eigenvalue weighted by atomic mass is 11.0. The van der Waals surface area contributed by atoms with E-state index in [1.54, 1.807) is 0 Å². The van der Waals surface area contributed by atoms with Crippen LogP contribution >= 0.6 is 0 Å². The topological polar surface area (TPSA) is 0 Å². The van der Waals surface area contributed by atoms with Gasteiger partial charge in [0.1, 0.15) is 0 Å². The predicted molar refractivity (Wildman–Crippen MR) is 24.8 cm³/mol. The second-order valence-corrected chi connectivity index (χ2v) is 2.09. The Morgan fingerprint density at radius 1 is 2.00 bits per heavy atom. The zero-order valence-corrected chi connectivity index (χ0v) is 4.15. The zero-order chi connectivity index (χ0) is 3.41. The van der Waals surface area contributed by atoms with Crippen LogP contribution in [0, 0.1) is 0 Å². The molecule has 24 valence electrons. The third-order valence-electron chi connectivity index (χ3n) is 0.289. The molecular weight excluding hydrogens is 64.1 g/mol. The second kappa shape index (κ2) is 3.09. The van der Waals surface area contributed by atoms with Crippen LogP contribution in [0.15, 0.2) is 0 Å². The van der Waals surface area contributed by atoms with Gasteiger partial charge in [-0.3, -0.25) is 0 Å². The van der Waals surface area contributed by atoms with Crippen LogP contribution in [0.1, 0.15) is 6.92 Å². The molecule has 0 N–H and O–H groups in total. The molecule has 0 amide bonds. The molecule has 0 aromatic carbocycles. The Morgan fingerprint density at radius 2 is 2.25 bits per heavy atom. The Bertz CT molecular complexity index is 17.2. The molecule has 0 unspecified atom stereocenters. The van der Waals surface area contributed by atoms with Gasteiger partial charge < -0.3 is 0 Å². The molecule has 1 heteroatoms. The summed E-state index contributed by atoms with van der Waals surface area (Å²) in [6.45, 7) is 2.16. The Morgan fingerprint density at radius 3 is 2.25 bits per heavy atom. The molecule has 0 aliphatic carbocycles. The Hall–Kier alpha value is 0.0869. The Labute approximate surface area is 29.3 Å². The SMILES string of the molecule is C=[SiH]CC. The van der Waals surface area contributed by atoms with Crippen LogP contribution in [0.3, 0.4) is 0 Å². The van der Waals surface area contributed by atoms with E-state index in [9.17, 15) is 0 Å². The fraction of sp³-hybridized carbons (Fsp3) is 0.667. The molecule has 0 aliphatic heterocycles. The van der Waals surface area contributed by atoms with Crippen molar-refractivity contribution >= 4 is 15.3 Å². The van der Waals surface area contributed by atoms with E-state index in [-0.39, 0.29) is 0 Å². The zero-order valence-electron chi connectivity index (χ0n) is 2.99. The van der Waals surface area contributed by atoms with E-state index in [1.165, 1.54) is 6.04 Å². The van der Waals surface area contributed by atoms with Crippen molar-refractivity contribution in [1.29, 1.82) is 0 Å². The molecule has 0 atom stereocenters. The molecule has 0 radical (unpaired) electrons. The van der Waals surface area contributed by atoms with Crippen LogP contribution in [-0.4, -0.2) is 15.3 Å². The lowest BCUT2D eigenvalue weighted by Crippen LogP contribution is -1.58. The molecule has 0 fully saturated rings. The highest BCUT2D eigenvalue weighted by Gasteiger charge is 1.46. The molecule has 0 saturated carbocycles. The summed E-state index contributed by atoms with van der Waals surface area (Å²) in [5.74, 6) is 0. The highest BCUT2D eigenvalue weighted by Crippen LogP contribution is 1.54. The van der Waals surface area contributed by atoms with Crippen molar-refractivity contribution in [1.82, 2.24) is 0 Å². The van der Waals surface area contributed by atoms with Gasteiger partial charge in [-0.05, 0) is 9.13 Å². The van der Waals surface area contributed by atoms with Gasteiger partial charge in [-0.15, -0.1) is 6.17 Å². The minimum atomic E-state index is 0.532. The fourth-order valence-corrected chi connectivity index (χ4v) is 0. The highest BCUT2D eigenvalue weighted by molar-refractivity contribution is 6.40. The van der Waals surface area contributed by atoms with Crippen molar-refractivity contribution in [3.05, 3.63) is 0 Å². The van der Waals surface area contributed by atoms with Gasteiger partial charge in [0.15, 0.2) is 0 Å². The van der Waals surface area contributed by atoms with Crippen molar-refractivity contribution in [2.24, 2.45) is 0 Å². The van der Waals surface area contributed by atoms with Crippen molar-refractivity contribution in [2.45, 2.75) is 13.0 Å². The molecule has 4 heavy (non-hydrogen) atoms. The molecule has 0 saturated heterocycles. The maximum Gasteiger partial charge on any atom is -0.0156 e. The fourth-order valence-electron chi connectivity index (χ4n) is 0.